The summed E-state index contributed by atoms with van der Waals surface area (Å²) in [5.74, 6) is 1.35. The van der Waals surface area contributed by atoms with Gasteiger partial charge in [-0.2, -0.15) is 23.4 Å². The largest absolute Gasteiger partial charge is 0.401 e. The summed E-state index contributed by atoms with van der Waals surface area (Å²) in [6.07, 6.45) is -1.40. The van der Waals surface area contributed by atoms with E-state index in [0.717, 1.165) is 39.0 Å². The Morgan fingerprint density at radius 1 is 1.16 bits per heavy atom. The quantitative estimate of drug-likeness (QED) is 0.486. The second-order valence-electron chi connectivity index (χ2n) is 8.08. The topological polar surface area (TPSA) is 62.6 Å². The lowest BCUT2D eigenvalue weighted by molar-refractivity contribution is -0.147. The van der Waals surface area contributed by atoms with Crippen molar-refractivity contribution in [3.8, 4) is 11.4 Å². The minimum atomic E-state index is -4.18. The fraction of sp³-hybridized carbons (Fsp3) is 0.318. The summed E-state index contributed by atoms with van der Waals surface area (Å²) in [5, 5.41) is 13.0. The number of nitrogens with zero attached hydrogens (tertiary/aromatic N) is 5. The molecule has 10 heteroatoms. The maximum absolute atomic E-state index is 12.7. The van der Waals surface area contributed by atoms with E-state index in [1.54, 1.807) is 10.9 Å². The molecule has 2 aromatic carbocycles. The molecule has 5 rings (SSSR count). The number of hydrogen-bond acceptors (Lipinski definition) is 4. The van der Waals surface area contributed by atoms with E-state index < -0.39 is 12.7 Å². The van der Waals surface area contributed by atoms with Gasteiger partial charge in [-0.05, 0) is 35.2 Å². The van der Waals surface area contributed by atoms with Crippen LogP contribution in [0.25, 0.3) is 22.3 Å². The van der Waals surface area contributed by atoms with E-state index in [0.29, 0.717) is 36.8 Å². The van der Waals surface area contributed by atoms with Gasteiger partial charge in [-0.15, -0.1) is 0 Å². The van der Waals surface area contributed by atoms with Crippen molar-refractivity contribution in [1.82, 2.24) is 29.9 Å². The Morgan fingerprint density at radius 3 is 2.81 bits per heavy atom. The summed E-state index contributed by atoms with van der Waals surface area (Å²) in [4.78, 5) is 6.14. The molecule has 4 aromatic rings. The normalized spacial score (nSPS) is 14.8. The smallest absolute Gasteiger partial charge is 0.290 e. The zero-order valence-corrected chi connectivity index (χ0v) is 18.0. The number of rotatable bonds is 4. The lowest BCUT2D eigenvalue weighted by Crippen LogP contribution is -2.37. The molecule has 0 radical (unpaired) electrons. The number of H-pyrrole nitrogens is 1. The van der Waals surface area contributed by atoms with Crippen molar-refractivity contribution in [1.29, 1.82) is 0 Å². The van der Waals surface area contributed by atoms with Crippen LogP contribution in [0.1, 0.15) is 22.5 Å². The number of aromatic nitrogens is 5. The third-order valence-electron chi connectivity index (χ3n) is 5.80. The van der Waals surface area contributed by atoms with E-state index in [1.807, 2.05) is 37.4 Å². The summed E-state index contributed by atoms with van der Waals surface area (Å²) in [5.41, 5.74) is 4.62. The zero-order chi connectivity index (χ0) is 22.5. The van der Waals surface area contributed by atoms with Crippen molar-refractivity contribution in [2.24, 2.45) is 7.05 Å². The predicted molar refractivity (Wildman–Crippen MR) is 115 cm³/mol. The van der Waals surface area contributed by atoms with Gasteiger partial charge in [0.15, 0.2) is 5.82 Å². The van der Waals surface area contributed by atoms with E-state index >= 15 is 0 Å². The van der Waals surface area contributed by atoms with Gasteiger partial charge in [-0.1, -0.05) is 29.8 Å². The van der Waals surface area contributed by atoms with Gasteiger partial charge in [0.05, 0.1) is 23.3 Å². The molecule has 166 valence electrons. The fourth-order valence-corrected chi connectivity index (χ4v) is 4.45. The van der Waals surface area contributed by atoms with Gasteiger partial charge >= 0.3 is 6.18 Å². The number of aromatic amines is 1. The van der Waals surface area contributed by atoms with Crippen molar-refractivity contribution in [3.63, 3.8) is 0 Å². The van der Waals surface area contributed by atoms with E-state index in [9.17, 15) is 13.2 Å². The third-order valence-corrected chi connectivity index (χ3v) is 6.25. The predicted octanol–water partition coefficient (Wildman–Crippen LogP) is 4.52. The highest BCUT2D eigenvalue weighted by Gasteiger charge is 2.32. The van der Waals surface area contributed by atoms with Crippen molar-refractivity contribution in [2.45, 2.75) is 25.6 Å². The Bertz CT molecular complexity index is 1290. The molecule has 1 aliphatic rings. The number of fused-ring (bicyclic) bond motifs is 2. The molecule has 1 N–H and O–H groups in total. The molecule has 0 saturated heterocycles. The molecule has 0 spiro atoms. The van der Waals surface area contributed by atoms with Gasteiger partial charge in [0.2, 0.25) is 0 Å². The maximum atomic E-state index is 12.7. The first kappa shape index (κ1) is 21.0. The third kappa shape index (κ3) is 4.10. The molecule has 0 fully saturated rings. The van der Waals surface area contributed by atoms with Crippen LogP contribution in [0.5, 0.6) is 0 Å². The SMILES string of the molecule is Cn1nc(-c2ccc3c(c2)CCN(CC(F)(F)F)C3)nc1Cc1ccc2[nH]ncc2c1Cl. The Kier molecular flexibility index (Phi) is 5.17. The van der Waals surface area contributed by atoms with Gasteiger partial charge in [-0.25, -0.2) is 4.98 Å². The number of nitrogens with one attached hydrogen (secondary N) is 1. The van der Waals surface area contributed by atoms with E-state index in [1.165, 1.54) is 4.90 Å². The minimum Gasteiger partial charge on any atom is -0.290 e. The monoisotopic (exact) mass is 460 g/mol. The average Bonchev–Trinajstić information content (AvgIpc) is 3.36. The van der Waals surface area contributed by atoms with Crippen LogP contribution >= 0.6 is 11.6 Å². The van der Waals surface area contributed by atoms with Crippen LogP contribution in [-0.2, 0) is 26.4 Å². The molecule has 6 nitrogen and oxygen atoms in total. The van der Waals surface area contributed by atoms with Crippen molar-refractivity contribution in [3.05, 3.63) is 64.1 Å². The molecule has 1 aliphatic heterocycles. The molecule has 3 heterocycles. The maximum Gasteiger partial charge on any atom is 0.401 e. The average molecular weight is 461 g/mol. The minimum absolute atomic E-state index is 0.297. The molecule has 0 amide bonds. The van der Waals surface area contributed by atoms with Crippen LogP contribution in [0.2, 0.25) is 5.02 Å². The second kappa shape index (κ2) is 7.90. The standard InChI is InChI=1S/C22H20ClF3N6/c1-31-19(9-14-4-5-18-17(20(14)23)10-27-29-18)28-21(30-31)15-2-3-16-11-32(12-22(24,25)26)7-6-13(16)8-15/h2-5,8,10H,6-7,9,11-12H2,1H3,(H,27,29). The summed E-state index contributed by atoms with van der Waals surface area (Å²) in [7, 11) is 1.84. The van der Waals surface area contributed by atoms with Crippen molar-refractivity contribution < 1.29 is 13.2 Å². The number of hydrogen-bond donors (Lipinski definition) is 1. The van der Waals surface area contributed by atoms with Gasteiger partial charge in [-0.3, -0.25) is 14.7 Å². The number of alkyl halides is 3. The lowest BCUT2D eigenvalue weighted by atomic mass is 9.97. The summed E-state index contributed by atoms with van der Waals surface area (Å²) in [6, 6.07) is 9.63. The zero-order valence-electron chi connectivity index (χ0n) is 17.2. The molecular weight excluding hydrogens is 441 g/mol. The highest BCUT2D eigenvalue weighted by molar-refractivity contribution is 6.36. The number of halogens is 4. The Hall–Kier alpha value is -2.91. The molecule has 2 aromatic heterocycles. The van der Waals surface area contributed by atoms with Crippen LogP contribution < -0.4 is 0 Å². The van der Waals surface area contributed by atoms with Gasteiger partial charge < -0.3 is 0 Å². The van der Waals surface area contributed by atoms with Gasteiger partial charge in [0, 0.05) is 37.5 Å². The fourth-order valence-electron chi connectivity index (χ4n) is 4.17. The molecule has 0 atom stereocenters. The first-order valence-electron chi connectivity index (χ1n) is 10.2. The van der Waals surface area contributed by atoms with Crippen LogP contribution in [0.15, 0.2) is 36.5 Å². The molecule has 0 aliphatic carbocycles. The molecule has 0 unspecified atom stereocenters. The summed E-state index contributed by atoms with van der Waals surface area (Å²) in [6.45, 7) is -0.205. The highest BCUT2D eigenvalue weighted by Crippen LogP contribution is 2.29. The highest BCUT2D eigenvalue weighted by atomic mass is 35.5. The van der Waals surface area contributed by atoms with E-state index in [4.69, 9.17) is 16.6 Å². The number of aryl methyl sites for hydroxylation is 1. The number of benzene rings is 2. The Balaban J connectivity index is 1.37. The molecule has 0 bridgehead atoms. The van der Waals surface area contributed by atoms with Gasteiger partial charge in [0.1, 0.15) is 5.82 Å². The van der Waals surface area contributed by atoms with Gasteiger partial charge in [0.25, 0.3) is 0 Å². The van der Waals surface area contributed by atoms with Crippen molar-refractivity contribution in [2.75, 3.05) is 13.1 Å². The van der Waals surface area contributed by atoms with Crippen LogP contribution in [0.4, 0.5) is 13.2 Å². The Labute approximate surface area is 187 Å². The van der Waals surface area contributed by atoms with Crippen LogP contribution in [0, 0.1) is 0 Å². The Morgan fingerprint density at radius 2 is 2.00 bits per heavy atom. The molecular formula is C22H20ClF3N6. The van der Waals surface area contributed by atoms with Crippen LogP contribution in [0.3, 0.4) is 0 Å². The summed E-state index contributed by atoms with van der Waals surface area (Å²) < 4.78 is 39.9. The first-order valence-corrected chi connectivity index (χ1v) is 10.6. The van der Waals surface area contributed by atoms with Crippen LogP contribution in [-0.4, -0.2) is 49.1 Å². The van der Waals surface area contributed by atoms with E-state index in [-0.39, 0.29) is 0 Å². The van der Waals surface area contributed by atoms with Crippen molar-refractivity contribution >= 4 is 22.5 Å². The lowest BCUT2D eigenvalue weighted by Gasteiger charge is -2.29. The molecule has 32 heavy (non-hydrogen) atoms. The second-order valence-corrected chi connectivity index (χ2v) is 8.46. The van der Waals surface area contributed by atoms with E-state index in [2.05, 4.69) is 15.3 Å². The molecule has 0 saturated carbocycles. The summed E-state index contributed by atoms with van der Waals surface area (Å²) >= 11 is 6.55. The first-order chi connectivity index (χ1) is 15.3.